The van der Waals surface area contributed by atoms with Crippen LogP contribution in [0.5, 0.6) is 11.5 Å². The van der Waals surface area contributed by atoms with Crippen molar-refractivity contribution in [1.82, 2.24) is 16.0 Å². The molecule has 282 valence electrons. The number of hydrogen-bond donors (Lipinski definition) is 4. The fraction of sp³-hybridized carbons (Fsp3) is 0.429. The number of halogens is 6. The van der Waals surface area contributed by atoms with Gasteiger partial charge in [-0.2, -0.15) is 43.2 Å². The number of carboxylic acids is 1. The smallest absolute Gasteiger partial charge is 0.480 e. The second-order valence-corrected chi connectivity index (χ2v) is 15.0. The van der Waals surface area contributed by atoms with Gasteiger partial charge in [0, 0.05) is 17.5 Å². The monoisotopic (exact) mass is 777 g/mol. The molecule has 0 unspecified atom stereocenters. The van der Waals surface area contributed by atoms with Gasteiger partial charge in [0.05, 0.1) is 0 Å². The lowest BCUT2D eigenvalue weighted by Crippen LogP contribution is -2.53. The van der Waals surface area contributed by atoms with Crippen molar-refractivity contribution in [2.24, 2.45) is 0 Å². The summed E-state index contributed by atoms with van der Waals surface area (Å²) in [6.45, 7) is 6.39. The number of carbonyl (C=O) groups excluding carboxylic acids is 3. The number of benzene rings is 2. The Bertz CT molecular complexity index is 1960. The molecule has 0 fully saturated rings. The zero-order valence-electron chi connectivity index (χ0n) is 26.8. The van der Waals surface area contributed by atoms with Gasteiger partial charge in [-0.25, -0.2) is 9.59 Å². The van der Waals surface area contributed by atoms with Crippen molar-refractivity contribution in [2.45, 2.75) is 75.8 Å². The van der Waals surface area contributed by atoms with Crippen LogP contribution in [0.1, 0.15) is 50.4 Å². The Balaban J connectivity index is 2.51. The topological polar surface area (TPSA) is 221 Å². The van der Waals surface area contributed by atoms with E-state index < -0.39 is 119 Å². The van der Waals surface area contributed by atoms with E-state index in [1.54, 1.807) is 0 Å². The van der Waals surface area contributed by atoms with E-state index in [2.05, 4.69) is 24.3 Å². The molecule has 0 aromatic heterocycles. The number of nitrogens with one attached hydrogen (secondary N) is 3. The molecule has 3 atom stereocenters. The molecule has 2 aromatic carbocycles. The van der Waals surface area contributed by atoms with Crippen LogP contribution in [0.15, 0.2) is 30.3 Å². The molecule has 3 rings (SSSR count). The summed E-state index contributed by atoms with van der Waals surface area (Å²) in [4.78, 5) is 51.3. The van der Waals surface area contributed by atoms with Crippen LogP contribution in [0.25, 0.3) is 11.1 Å². The van der Waals surface area contributed by atoms with E-state index in [1.807, 2.05) is 0 Å². The van der Waals surface area contributed by atoms with Gasteiger partial charge in [-0.15, -0.1) is 0 Å². The van der Waals surface area contributed by atoms with Gasteiger partial charge in [0.15, 0.2) is 11.5 Å². The van der Waals surface area contributed by atoms with E-state index in [4.69, 9.17) is 4.74 Å². The Morgan fingerprint density at radius 3 is 1.96 bits per heavy atom. The van der Waals surface area contributed by atoms with Crippen LogP contribution in [0.2, 0.25) is 0 Å². The highest BCUT2D eigenvalue weighted by atomic mass is 32.2. The molecule has 2 aromatic rings. The zero-order valence-corrected chi connectivity index (χ0v) is 28.5. The summed E-state index contributed by atoms with van der Waals surface area (Å²) < 4.78 is 143. The molecule has 1 aliphatic rings. The Labute approximate surface area is 285 Å². The summed E-state index contributed by atoms with van der Waals surface area (Å²) in [6, 6.07) is -1.70. The number of carbonyl (C=O) groups is 4. The Hall–Kier alpha value is -4.80. The lowest BCUT2D eigenvalue weighted by molar-refractivity contribution is -0.142. The molecule has 0 radical (unpaired) electrons. The molecule has 1 heterocycles. The van der Waals surface area contributed by atoms with Crippen molar-refractivity contribution >= 4 is 44.1 Å². The highest BCUT2D eigenvalue weighted by molar-refractivity contribution is 7.88. The average molecular weight is 778 g/mol. The molecule has 1 aliphatic heterocycles. The highest BCUT2D eigenvalue weighted by Crippen LogP contribution is 2.44. The molecule has 0 saturated heterocycles. The minimum absolute atomic E-state index is 0.209. The first-order chi connectivity index (χ1) is 23.0. The maximum Gasteiger partial charge on any atom is 0.534 e. The lowest BCUT2D eigenvalue weighted by Gasteiger charge is -2.26. The van der Waals surface area contributed by atoms with Gasteiger partial charge >= 0.3 is 43.3 Å². The van der Waals surface area contributed by atoms with Crippen LogP contribution in [-0.2, 0) is 45.8 Å². The standard InChI is InChI=1S/C28H29F6N3O12S2/c1-12-8-14-9-17(21(12)49-51(45,46)28(32,33)34)16-11-15(6-7-19(16)48-50(43,44)27(29,30)31)20(37-25(42)47-26(3,4)5)23(39)35-13(2)22(38)36-18(10-14)24(40)41/h6-9,11,13,18,20H,10H2,1-5H3,(H,35,39)(H,36,38)(H,37,42)(H,40,41)/t13-,18-,20-/m0/s1. The third-order valence-corrected chi connectivity index (χ3v) is 8.57. The first-order valence-electron chi connectivity index (χ1n) is 14.2. The average Bonchev–Trinajstić information content (AvgIpc) is 2.94. The summed E-state index contributed by atoms with van der Waals surface area (Å²) >= 11 is 0. The number of alkyl carbamates (subject to hydrolysis) is 1. The van der Waals surface area contributed by atoms with E-state index in [-0.39, 0.29) is 5.56 Å². The first kappa shape index (κ1) is 40.6. The van der Waals surface area contributed by atoms with Gasteiger partial charge in [0.25, 0.3) is 0 Å². The largest absolute Gasteiger partial charge is 0.534 e. The van der Waals surface area contributed by atoms with E-state index in [0.29, 0.717) is 12.1 Å². The molecule has 0 spiro atoms. The quantitative estimate of drug-likeness (QED) is 0.189. The fourth-order valence-electron chi connectivity index (χ4n) is 4.43. The van der Waals surface area contributed by atoms with E-state index in [1.165, 1.54) is 20.8 Å². The third-order valence-electron chi connectivity index (χ3n) is 6.65. The second-order valence-electron chi connectivity index (χ2n) is 11.9. The van der Waals surface area contributed by atoms with Gasteiger partial charge in [0.1, 0.15) is 23.7 Å². The number of aryl methyl sites for hydroxylation is 1. The molecule has 0 aliphatic carbocycles. The summed E-state index contributed by atoms with van der Waals surface area (Å²) in [6.07, 6.45) is -1.99. The Morgan fingerprint density at radius 1 is 0.863 bits per heavy atom. The molecular weight excluding hydrogens is 748 g/mol. The normalized spacial score (nSPS) is 19.2. The van der Waals surface area contributed by atoms with Gasteiger partial charge in [-0.1, -0.05) is 12.1 Å². The number of fused-ring (bicyclic) bond motifs is 5. The fourth-order valence-corrected chi connectivity index (χ4v) is 5.44. The van der Waals surface area contributed by atoms with Gasteiger partial charge < -0.3 is 34.2 Å². The van der Waals surface area contributed by atoms with Crippen molar-refractivity contribution in [3.63, 3.8) is 0 Å². The SMILES string of the molecule is Cc1cc2cc(c1OS(=O)(=O)C(F)(F)F)-c1cc(ccc1OS(=O)(=O)C(F)(F)F)[C@H](NC(=O)OC(C)(C)C)C(=O)N[C@@H](C)C(=O)N[C@H](C(=O)O)C2. The van der Waals surface area contributed by atoms with Crippen molar-refractivity contribution in [2.75, 3.05) is 0 Å². The van der Waals surface area contributed by atoms with Gasteiger partial charge in [0.2, 0.25) is 11.8 Å². The number of alkyl halides is 6. The molecule has 4 bridgehead atoms. The molecule has 4 N–H and O–H groups in total. The van der Waals surface area contributed by atoms with Crippen molar-refractivity contribution in [3.8, 4) is 22.6 Å². The lowest BCUT2D eigenvalue weighted by atomic mass is 9.92. The number of aliphatic carboxylic acids is 1. The summed E-state index contributed by atoms with van der Waals surface area (Å²) in [5.41, 5.74) is -16.3. The van der Waals surface area contributed by atoms with Crippen LogP contribution in [0, 0.1) is 6.92 Å². The maximum absolute atomic E-state index is 13.5. The minimum Gasteiger partial charge on any atom is -0.480 e. The Morgan fingerprint density at radius 2 is 1.43 bits per heavy atom. The highest BCUT2D eigenvalue weighted by Gasteiger charge is 2.50. The first-order valence-corrected chi connectivity index (χ1v) is 17.0. The van der Waals surface area contributed by atoms with E-state index in [0.717, 1.165) is 32.0 Å². The van der Waals surface area contributed by atoms with Crippen LogP contribution in [0.3, 0.4) is 0 Å². The van der Waals surface area contributed by atoms with Crippen LogP contribution in [0.4, 0.5) is 31.1 Å². The van der Waals surface area contributed by atoms with Crippen molar-refractivity contribution < 1.29 is 80.6 Å². The molecular formula is C28H29F6N3O12S2. The second kappa shape index (κ2) is 14.1. The van der Waals surface area contributed by atoms with Gasteiger partial charge in [-0.05, 0) is 69.5 Å². The van der Waals surface area contributed by atoms with E-state index >= 15 is 0 Å². The third kappa shape index (κ3) is 9.71. The van der Waals surface area contributed by atoms with Crippen molar-refractivity contribution in [3.05, 3.63) is 47.0 Å². The molecule has 51 heavy (non-hydrogen) atoms. The minimum atomic E-state index is -6.54. The summed E-state index contributed by atoms with van der Waals surface area (Å²) in [5, 5.41) is 16.3. The number of hydrogen-bond acceptors (Lipinski definition) is 11. The summed E-state index contributed by atoms with van der Waals surface area (Å²) in [5.74, 6) is -6.52. The van der Waals surface area contributed by atoms with Gasteiger partial charge in [-0.3, -0.25) is 9.59 Å². The van der Waals surface area contributed by atoms with E-state index in [9.17, 15) is 67.5 Å². The Kier molecular flexibility index (Phi) is 11.2. The van der Waals surface area contributed by atoms with Crippen molar-refractivity contribution in [1.29, 1.82) is 0 Å². The van der Waals surface area contributed by atoms with Crippen LogP contribution in [-0.4, -0.2) is 74.5 Å². The summed E-state index contributed by atoms with van der Waals surface area (Å²) in [7, 11) is -13.1. The van der Waals surface area contributed by atoms with Crippen LogP contribution >= 0.6 is 0 Å². The number of carboxylic acid groups (broad SMARTS) is 1. The maximum atomic E-state index is 13.5. The molecule has 0 saturated carbocycles. The number of amides is 3. The zero-order chi connectivity index (χ0) is 39.1. The molecule has 15 nitrogen and oxygen atoms in total. The molecule has 3 amide bonds. The number of rotatable bonds is 6. The predicted molar refractivity (Wildman–Crippen MR) is 161 cm³/mol. The van der Waals surface area contributed by atoms with Crippen LogP contribution < -0.4 is 24.3 Å². The predicted octanol–water partition coefficient (Wildman–Crippen LogP) is 3.31. The number of ether oxygens (including phenoxy) is 1. The molecule has 23 heteroatoms.